The molecule has 6 heteroatoms. The van der Waals surface area contributed by atoms with Gasteiger partial charge in [0.15, 0.2) is 6.17 Å². The van der Waals surface area contributed by atoms with Crippen LogP contribution in [0.5, 0.6) is 5.75 Å². The molecule has 1 aromatic carbocycles. The van der Waals surface area contributed by atoms with E-state index in [4.69, 9.17) is 5.11 Å². The van der Waals surface area contributed by atoms with Crippen LogP contribution in [0.1, 0.15) is 11.7 Å². The third kappa shape index (κ3) is 2.87. The Labute approximate surface area is 83.1 Å². The Kier molecular flexibility index (Phi) is 3.54. The minimum atomic E-state index is -3.22. The van der Waals surface area contributed by atoms with E-state index < -0.39 is 30.1 Å². The van der Waals surface area contributed by atoms with Crippen LogP contribution in [0.15, 0.2) is 24.3 Å². The van der Waals surface area contributed by atoms with Crippen LogP contribution in [0.2, 0.25) is 0 Å². The second kappa shape index (κ2) is 4.68. The van der Waals surface area contributed by atoms with Crippen molar-refractivity contribution in [3.63, 3.8) is 0 Å². The van der Waals surface area contributed by atoms with E-state index in [-0.39, 0.29) is 0 Å². The van der Waals surface area contributed by atoms with Gasteiger partial charge >= 0.3 is 6.16 Å². The number of alkyl halides is 3. The van der Waals surface area contributed by atoms with Crippen molar-refractivity contribution < 1.29 is 27.8 Å². The fourth-order valence-corrected chi connectivity index (χ4v) is 1.03. The molecule has 0 saturated carbocycles. The molecule has 3 nitrogen and oxygen atoms in total. The topological polar surface area (TPSA) is 46.5 Å². The molecule has 1 aromatic rings. The van der Waals surface area contributed by atoms with E-state index in [1.807, 2.05) is 0 Å². The summed E-state index contributed by atoms with van der Waals surface area (Å²) in [5.41, 5.74) is -0.477. The van der Waals surface area contributed by atoms with Crippen LogP contribution in [0.25, 0.3) is 0 Å². The van der Waals surface area contributed by atoms with Crippen molar-refractivity contribution in [1.82, 2.24) is 0 Å². The van der Waals surface area contributed by atoms with Crippen LogP contribution in [0.4, 0.5) is 18.0 Å². The average molecular weight is 220 g/mol. The van der Waals surface area contributed by atoms with Gasteiger partial charge in [-0.15, -0.1) is 0 Å². The largest absolute Gasteiger partial charge is 0.511 e. The summed E-state index contributed by atoms with van der Waals surface area (Å²) in [5.74, 6) is -0.419. The summed E-state index contributed by atoms with van der Waals surface area (Å²) in [6.45, 7) is 0. The number of para-hydroxylation sites is 1. The van der Waals surface area contributed by atoms with Crippen molar-refractivity contribution in [1.29, 1.82) is 0 Å². The molecule has 0 aliphatic heterocycles. The molecular formula is C9H7F3O3. The second-order valence-electron chi connectivity index (χ2n) is 2.64. The van der Waals surface area contributed by atoms with Gasteiger partial charge in [0.1, 0.15) is 5.75 Å². The molecule has 15 heavy (non-hydrogen) atoms. The number of halogens is 3. The minimum Gasteiger partial charge on any atom is -0.449 e. The fraction of sp³-hybridized carbons (Fsp3) is 0.222. The van der Waals surface area contributed by atoms with Crippen molar-refractivity contribution in [3.8, 4) is 5.75 Å². The van der Waals surface area contributed by atoms with E-state index in [0.717, 1.165) is 12.1 Å². The molecule has 0 fully saturated rings. The molecule has 0 bridgehead atoms. The highest BCUT2D eigenvalue weighted by Crippen LogP contribution is 2.31. The lowest BCUT2D eigenvalue weighted by Crippen LogP contribution is -2.09. The SMILES string of the molecule is O=C(O)Oc1ccccc1C(F)C(F)F. The highest BCUT2D eigenvalue weighted by molar-refractivity contribution is 5.62. The van der Waals surface area contributed by atoms with Gasteiger partial charge in [-0.3, -0.25) is 0 Å². The highest BCUT2D eigenvalue weighted by atomic mass is 19.3. The van der Waals surface area contributed by atoms with Gasteiger partial charge in [-0.05, 0) is 6.07 Å². The van der Waals surface area contributed by atoms with Crippen molar-refractivity contribution in [3.05, 3.63) is 29.8 Å². The Morgan fingerprint density at radius 2 is 1.87 bits per heavy atom. The first-order valence-electron chi connectivity index (χ1n) is 3.94. The number of carboxylic acid groups (broad SMARTS) is 1. The number of hydrogen-bond donors (Lipinski definition) is 1. The van der Waals surface area contributed by atoms with Crippen molar-refractivity contribution in [2.75, 3.05) is 0 Å². The van der Waals surface area contributed by atoms with Gasteiger partial charge in [0.25, 0.3) is 6.43 Å². The molecule has 1 N–H and O–H groups in total. The second-order valence-corrected chi connectivity index (χ2v) is 2.64. The standard InChI is InChI=1S/C9H7F3O3/c10-7(8(11)12)5-3-1-2-4-6(5)15-9(13)14/h1-4,7-8H,(H,13,14). The smallest absolute Gasteiger partial charge is 0.449 e. The molecule has 0 aliphatic carbocycles. The number of carbonyl (C=O) groups is 1. The Morgan fingerprint density at radius 1 is 1.27 bits per heavy atom. The maximum Gasteiger partial charge on any atom is 0.511 e. The summed E-state index contributed by atoms with van der Waals surface area (Å²) in [7, 11) is 0. The maximum atomic E-state index is 12.9. The lowest BCUT2D eigenvalue weighted by Gasteiger charge is -2.11. The van der Waals surface area contributed by atoms with Gasteiger partial charge in [-0.2, -0.15) is 0 Å². The van der Waals surface area contributed by atoms with Crippen LogP contribution < -0.4 is 4.74 Å². The van der Waals surface area contributed by atoms with Crippen molar-refractivity contribution >= 4 is 6.16 Å². The van der Waals surface area contributed by atoms with Gasteiger partial charge in [0.2, 0.25) is 0 Å². The van der Waals surface area contributed by atoms with Gasteiger partial charge in [-0.25, -0.2) is 18.0 Å². The third-order valence-electron chi connectivity index (χ3n) is 1.63. The van der Waals surface area contributed by atoms with Gasteiger partial charge in [-0.1, -0.05) is 18.2 Å². The quantitative estimate of drug-likeness (QED) is 0.629. The number of hydrogen-bond acceptors (Lipinski definition) is 2. The Morgan fingerprint density at radius 3 is 2.40 bits per heavy atom. The molecule has 0 spiro atoms. The molecular weight excluding hydrogens is 213 g/mol. The summed E-state index contributed by atoms with van der Waals surface area (Å²) in [5, 5.41) is 8.28. The van der Waals surface area contributed by atoms with Gasteiger partial charge in [0, 0.05) is 5.56 Å². The minimum absolute atomic E-state index is 0.419. The number of rotatable bonds is 3. The first-order chi connectivity index (χ1) is 7.02. The van der Waals surface area contributed by atoms with E-state index in [9.17, 15) is 18.0 Å². The summed E-state index contributed by atoms with van der Waals surface area (Å²) in [4.78, 5) is 10.2. The molecule has 0 amide bonds. The predicted molar refractivity (Wildman–Crippen MR) is 44.9 cm³/mol. The Bertz CT molecular complexity index is 354. The lowest BCUT2D eigenvalue weighted by atomic mass is 10.1. The highest BCUT2D eigenvalue weighted by Gasteiger charge is 2.25. The van der Waals surface area contributed by atoms with Crippen LogP contribution in [0.3, 0.4) is 0 Å². The van der Waals surface area contributed by atoms with Crippen LogP contribution in [-0.2, 0) is 0 Å². The van der Waals surface area contributed by atoms with Crippen LogP contribution in [-0.4, -0.2) is 17.7 Å². The monoisotopic (exact) mass is 220 g/mol. The normalized spacial score (nSPS) is 12.5. The average Bonchev–Trinajstić information content (AvgIpc) is 2.16. The van der Waals surface area contributed by atoms with Crippen molar-refractivity contribution in [2.45, 2.75) is 12.6 Å². The Balaban J connectivity index is 3.00. The first kappa shape index (κ1) is 11.4. The number of benzene rings is 1. The first-order valence-corrected chi connectivity index (χ1v) is 3.94. The molecule has 0 aliphatic rings. The fourth-order valence-electron chi connectivity index (χ4n) is 1.03. The number of ether oxygens (including phenoxy) is 1. The van der Waals surface area contributed by atoms with E-state index in [0.29, 0.717) is 0 Å². The zero-order valence-corrected chi connectivity index (χ0v) is 7.36. The summed E-state index contributed by atoms with van der Waals surface area (Å²) < 4.78 is 41.2. The van der Waals surface area contributed by atoms with E-state index in [1.54, 1.807) is 0 Å². The maximum absolute atomic E-state index is 12.9. The van der Waals surface area contributed by atoms with Crippen molar-refractivity contribution in [2.24, 2.45) is 0 Å². The van der Waals surface area contributed by atoms with E-state index in [1.165, 1.54) is 12.1 Å². The zero-order valence-electron chi connectivity index (χ0n) is 7.36. The molecule has 82 valence electrons. The molecule has 0 radical (unpaired) electrons. The Hall–Kier alpha value is -1.72. The molecule has 1 atom stereocenters. The lowest BCUT2D eigenvalue weighted by molar-refractivity contribution is 0.0477. The van der Waals surface area contributed by atoms with E-state index in [2.05, 4.69) is 4.74 Å². The molecule has 1 unspecified atom stereocenters. The predicted octanol–water partition coefficient (Wildman–Crippen LogP) is 3.02. The summed E-state index contributed by atoms with van der Waals surface area (Å²) >= 11 is 0. The van der Waals surface area contributed by atoms with E-state index >= 15 is 0 Å². The molecule has 0 heterocycles. The third-order valence-corrected chi connectivity index (χ3v) is 1.63. The summed E-state index contributed by atoms with van der Waals surface area (Å²) in [6, 6.07) is 4.84. The zero-order chi connectivity index (χ0) is 11.4. The molecule has 0 saturated heterocycles. The molecule has 0 aromatic heterocycles. The molecule has 1 rings (SSSR count). The van der Waals surface area contributed by atoms with Gasteiger partial charge in [0.05, 0.1) is 0 Å². The van der Waals surface area contributed by atoms with Crippen LogP contribution in [0, 0.1) is 0 Å². The van der Waals surface area contributed by atoms with Gasteiger partial charge < -0.3 is 9.84 Å². The van der Waals surface area contributed by atoms with Crippen LogP contribution >= 0.6 is 0 Å². The summed E-state index contributed by atoms with van der Waals surface area (Å²) in [6.07, 6.45) is -7.45.